The molecule has 1 saturated heterocycles. The van der Waals surface area contributed by atoms with Gasteiger partial charge in [-0.1, -0.05) is 17.7 Å². The maximum atomic E-state index is 13.1. The van der Waals surface area contributed by atoms with E-state index in [0.717, 1.165) is 6.07 Å². The Morgan fingerprint density at radius 3 is 2.50 bits per heavy atom. The molecule has 11 heteroatoms. The molecule has 3 rings (SSSR count). The summed E-state index contributed by atoms with van der Waals surface area (Å²) in [5.74, 6) is -3.37. The molecule has 0 aromatic heterocycles. The zero-order valence-corrected chi connectivity index (χ0v) is 17.3. The summed E-state index contributed by atoms with van der Waals surface area (Å²) in [6.07, 6.45) is -0.450. The van der Waals surface area contributed by atoms with Crippen molar-refractivity contribution >= 4 is 27.6 Å². The van der Waals surface area contributed by atoms with Crippen molar-refractivity contribution in [1.82, 2.24) is 4.72 Å². The molecule has 1 heterocycles. The maximum Gasteiger partial charge on any atom is 0.327 e. The molecule has 30 heavy (non-hydrogen) atoms. The molecule has 1 fully saturated rings. The average Bonchev–Trinajstić information content (AvgIpc) is 2.96. The van der Waals surface area contributed by atoms with Gasteiger partial charge in [-0.15, -0.1) is 0 Å². The lowest BCUT2D eigenvalue weighted by atomic mass is 9.96. The number of aliphatic carboxylic acids is 1. The summed E-state index contributed by atoms with van der Waals surface area (Å²) in [6.45, 7) is 0.775. The molecule has 1 aliphatic heterocycles. The van der Waals surface area contributed by atoms with E-state index < -0.39 is 46.2 Å². The number of carboxylic acids is 1. The topological polar surface area (TPSA) is 122 Å². The molecule has 0 aliphatic carbocycles. The van der Waals surface area contributed by atoms with Gasteiger partial charge in [0, 0.05) is 12.0 Å². The predicted octanol–water partition coefficient (Wildman–Crippen LogP) is 2.29. The third-order valence-electron chi connectivity index (χ3n) is 4.54. The van der Waals surface area contributed by atoms with Gasteiger partial charge in [-0.25, -0.2) is 12.8 Å². The zero-order chi connectivity index (χ0) is 22.2. The summed E-state index contributed by atoms with van der Waals surface area (Å²) in [4.78, 5) is 11.5. The van der Waals surface area contributed by atoms with Crippen LogP contribution in [0.4, 0.5) is 4.39 Å². The summed E-state index contributed by atoms with van der Waals surface area (Å²) >= 11 is 5.94. The summed E-state index contributed by atoms with van der Waals surface area (Å²) in [5, 5.41) is 19.6. The quantitative estimate of drug-likeness (QED) is 0.580. The Hall–Kier alpha value is -2.24. The second kappa shape index (κ2) is 8.12. The summed E-state index contributed by atoms with van der Waals surface area (Å²) < 4.78 is 51.1. The van der Waals surface area contributed by atoms with Gasteiger partial charge < -0.3 is 19.7 Å². The van der Waals surface area contributed by atoms with E-state index in [1.54, 1.807) is 0 Å². The molecule has 2 unspecified atom stereocenters. The number of halogens is 2. The van der Waals surface area contributed by atoms with E-state index in [1.165, 1.54) is 43.3 Å². The third kappa shape index (κ3) is 4.90. The van der Waals surface area contributed by atoms with E-state index in [2.05, 4.69) is 4.72 Å². The second-order valence-corrected chi connectivity index (χ2v) is 9.22. The van der Waals surface area contributed by atoms with Gasteiger partial charge in [-0.3, -0.25) is 4.79 Å². The Morgan fingerprint density at radius 1 is 1.30 bits per heavy atom. The highest BCUT2D eigenvalue weighted by molar-refractivity contribution is 7.89. The first-order chi connectivity index (χ1) is 13.9. The molecular weight excluding hydrogens is 441 g/mol. The number of rotatable bonds is 7. The number of hydrogen-bond acceptors (Lipinski definition) is 6. The molecule has 162 valence electrons. The number of carboxylic acid groups (broad SMARTS) is 1. The van der Waals surface area contributed by atoms with Crippen molar-refractivity contribution in [2.24, 2.45) is 0 Å². The molecule has 0 radical (unpaired) electrons. The number of sulfonamides is 1. The lowest BCUT2D eigenvalue weighted by Crippen LogP contribution is -2.55. The van der Waals surface area contributed by atoms with E-state index in [9.17, 15) is 27.8 Å². The SMILES string of the molecule is CC1(O)CC(NS(=O)(=O)c2ccc(OCc3ccc(F)cc3Cl)cc2)(C(=O)O)CO1. The van der Waals surface area contributed by atoms with Crippen LogP contribution in [-0.4, -0.2) is 42.5 Å². The number of aliphatic hydroxyl groups is 1. The summed E-state index contributed by atoms with van der Waals surface area (Å²) in [6, 6.07) is 9.14. The van der Waals surface area contributed by atoms with Gasteiger partial charge >= 0.3 is 5.97 Å². The Kier molecular flexibility index (Phi) is 6.08. The van der Waals surface area contributed by atoms with Crippen LogP contribution < -0.4 is 9.46 Å². The van der Waals surface area contributed by atoms with Crippen LogP contribution >= 0.6 is 11.6 Å². The molecule has 0 amide bonds. The van der Waals surface area contributed by atoms with Crippen LogP contribution in [0.2, 0.25) is 5.02 Å². The van der Waals surface area contributed by atoms with Gasteiger partial charge in [0.25, 0.3) is 0 Å². The second-order valence-electron chi connectivity index (χ2n) is 7.13. The Bertz CT molecular complexity index is 1060. The van der Waals surface area contributed by atoms with Crippen molar-refractivity contribution in [3.8, 4) is 5.75 Å². The number of ether oxygens (including phenoxy) is 2. The normalized spacial score (nSPS) is 24.0. The molecule has 3 N–H and O–H groups in total. The van der Waals surface area contributed by atoms with Crippen LogP contribution in [0.5, 0.6) is 5.75 Å². The largest absolute Gasteiger partial charge is 0.489 e. The molecule has 2 aromatic carbocycles. The lowest BCUT2D eigenvalue weighted by molar-refractivity contribution is -0.155. The standard InChI is InChI=1S/C19H19ClFNO7S/c1-18(25)10-19(11-29-18,17(23)24)22-30(26,27)15-6-4-14(5-7-15)28-9-12-2-3-13(21)8-16(12)20/h2-8,22,25H,9-11H2,1H3,(H,23,24). The Morgan fingerprint density at radius 2 is 1.97 bits per heavy atom. The molecule has 1 aliphatic rings. The van der Waals surface area contributed by atoms with Crippen LogP contribution in [0, 0.1) is 5.82 Å². The fourth-order valence-electron chi connectivity index (χ4n) is 3.02. The first kappa shape index (κ1) is 22.4. The minimum absolute atomic E-state index is 0.0397. The molecule has 0 bridgehead atoms. The van der Waals surface area contributed by atoms with Crippen LogP contribution in [0.25, 0.3) is 0 Å². The van der Waals surface area contributed by atoms with Crippen LogP contribution in [0.15, 0.2) is 47.4 Å². The molecule has 2 aromatic rings. The predicted molar refractivity (Wildman–Crippen MR) is 104 cm³/mol. The monoisotopic (exact) mass is 459 g/mol. The van der Waals surface area contributed by atoms with E-state index in [0.29, 0.717) is 11.3 Å². The Labute approximate surface area is 177 Å². The number of benzene rings is 2. The van der Waals surface area contributed by atoms with E-state index in [1.807, 2.05) is 0 Å². The highest BCUT2D eigenvalue weighted by Gasteiger charge is 2.53. The molecule has 0 saturated carbocycles. The van der Waals surface area contributed by atoms with Gasteiger partial charge in [-0.05, 0) is 43.3 Å². The van der Waals surface area contributed by atoms with Crippen molar-refractivity contribution in [2.75, 3.05) is 6.61 Å². The van der Waals surface area contributed by atoms with Crippen LogP contribution in [0.1, 0.15) is 18.9 Å². The van der Waals surface area contributed by atoms with Gasteiger partial charge in [-0.2, -0.15) is 4.72 Å². The Balaban J connectivity index is 1.72. The van der Waals surface area contributed by atoms with Gasteiger partial charge in [0.05, 0.1) is 16.5 Å². The zero-order valence-electron chi connectivity index (χ0n) is 15.8. The minimum Gasteiger partial charge on any atom is -0.489 e. The van der Waals surface area contributed by atoms with Gasteiger partial charge in [0.1, 0.15) is 18.2 Å². The van der Waals surface area contributed by atoms with E-state index >= 15 is 0 Å². The number of hydrogen-bond donors (Lipinski definition) is 3. The van der Waals surface area contributed by atoms with Crippen molar-refractivity contribution in [1.29, 1.82) is 0 Å². The van der Waals surface area contributed by atoms with E-state index in [-0.39, 0.29) is 16.5 Å². The van der Waals surface area contributed by atoms with Crippen molar-refractivity contribution in [3.63, 3.8) is 0 Å². The molecule has 0 spiro atoms. The third-order valence-corrected chi connectivity index (χ3v) is 6.45. The highest BCUT2D eigenvalue weighted by Crippen LogP contribution is 2.33. The van der Waals surface area contributed by atoms with E-state index in [4.69, 9.17) is 21.1 Å². The average molecular weight is 460 g/mol. The molecule has 2 atom stereocenters. The van der Waals surface area contributed by atoms with Crippen LogP contribution in [-0.2, 0) is 26.2 Å². The number of carbonyl (C=O) groups is 1. The van der Waals surface area contributed by atoms with Gasteiger partial charge in [0.15, 0.2) is 11.3 Å². The fourth-order valence-corrected chi connectivity index (χ4v) is 4.59. The van der Waals surface area contributed by atoms with Crippen molar-refractivity contribution < 1.29 is 37.3 Å². The summed E-state index contributed by atoms with van der Waals surface area (Å²) in [7, 11) is -4.23. The summed E-state index contributed by atoms with van der Waals surface area (Å²) in [5.41, 5.74) is -1.44. The lowest BCUT2D eigenvalue weighted by Gasteiger charge is -2.24. The minimum atomic E-state index is -4.23. The maximum absolute atomic E-state index is 13.1. The first-order valence-electron chi connectivity index (χ1n) is 8.73. The smallest absolute Gasteiger partial charge is 0.327 e. The highest BCUT2D eigenvalue weighted by atomic mass is 35.5. The molecular formula is C19H19ClFNO7S. The van der Waals surface area contributed by atoms with Crippen LogP contribution in [0.3, 0.4) is 0 Å². The number of nitrogens with one attached hydrogen (secondary N) is 1. The molecule has 8 nitrogen and oxygen atoms in total. The van der Waals surface area contributed by atoms with Crippen molar-refractivity contribution in [3.05, 3.63) is 58.9 Å². The first-order valence-corrected chi connectivity index (χ1v) is 10.6. The van der Waals surface area contributed by atoms with Gasteiger partial charge in [0.2, 0.25) is 10.0 Å². The van der Waals surface area contributed by atoms with Crippen molar-refractivity contribution in [2.45, 2.75) is 36.2 Å². The fraction of sp³-hybridized carbons (Fsp3) is 0.316.